The Labute approximate surface area is 94.5 Å². The minimum absolute atomic E-state index is 0.101. The van der Waals surface area contributed by atoms with Crippen molar-refractivity contribution in [1.29, 1.82) is 0 Å². The predicted molar refractivity (Wildman–Crippen MR) is 59.9 cm³/mol. The minimum atomic E-state index is -0.519. The van der Waals surface area contributed by atoms with Gasteiger partial charge in [0.05, 0.1) is 11.7 Å². The van der Waals surface area contributed by atoms with Gasteiger partial charge in [-0.25, -0.2) is 0 Å². The molecular formula is C12H16O4. The van der Waals surface area contributed by atoms with Gasteiger partial charge < -0.3 is 14.9 Å². The van der Waals surface area contributed by atoms with Gasteiger partial charge in [0, 0.05) is 6.07 Å². The first-order valence-corrected chi connectivity index (χ1v) is 5.19. The molecule has 0 fully saturated rings. The van der Waals surface area contributed by atoms with Crippen LogP contribution in [-0.2, 0) is 0 Å². The van der Waals surface area contributed by atoms with Gasteiger partial charge in [-0.1, -0.05) is 6.92 Å². The summed E-state index contributed by atoms with van der Waals surface area (Å²) in [4.78, 5) is 11.0. The Morgan fingerprint density at radius 2 is 2.19 bits per heavy atom. The van der Waals surface area contributed by atoms with Crippen molar-refractivity contribution in [3.8, 4) is 11.5 Å². The zero-order valence-electron chi connectivity index (χ0n) is 9.43. The van der Waals surface area contributed by atoms with Crippen LogP contribution in [-0.4, -0.2) is 28.7 Å². The fourth-order valence-corrected chi connectivity index (χ4v) is 1.21. The summed E-state index contributed by atoms with van der Waals surface area (Å²) in [6, 6.07) is 4.48. The first-order chi connectivity index (χ1) is 7.54. The lowest BCUT2D eigenvalue weighted by atomic mass is 10.1. The van der Waals surface area contributed by atoms with Crippen LogP contribution >= 0.6 is 0 Å². The zero-order valence-corrected chi connectivity index (χ0v) is 9.43. The fraction of sp³-hybridized carbons (Fsp3) is 0.417. The summed E-state index contributed by atoms with van der Waals surface area (Å²) in [7, 11) is 0. The number of hydrogen-bond acceptors (Lipinski definition) is 4. The number of aliphatic hydroxyl groups is 1. The highest BCUT2D eigenvalue weighted by Crippen LogP contribution is 2.24. The third kappa shape index (κ3) is 3.24. The van der Waals surface area contributed by atoms with E-state index in [0.29, 0.717) is 12.2 Å². The molecule has 0 bridgehead atoms. The molecule has 1 rings (SSSR count). The molecule has 0 unspecified atom stereocenters. The molecule has 0 radical (unpaired) electrons. The number of aliphatic hydroxyl groups excluding tert-OH is 1. The number of phenols is 1. The number of hydrogen-bond donors (Lipinski definition) is 2. The molecule has 1 aromatic rings. The molecule has 0 spiro atoms. The van der Waals surface area contributed by atoms with Gasteiger partial charge in [-0.15, -0.1) is 0 Å². The Bertz CT molecular complexity index is 373. The van der Waals surface area contributed by atoms with E-state index in [1.165, 1.54) is 19.1 Å². The topological polar surface area (TPSA) is 66.8 Å². The molecule has 16 heavy (non-hydrogen) atoms. The number of Topliss-reactive ketones (excluding diaryl/α,β-unsaturated/α-hetero) is 1. The average Bonchev–Trinajstić information content (AvgIpc) is 2.25. The maximum absolute atomic E-state index is 11.0. The SMILES string of the molecule is CC[C@@H](O)COc1ccc(C(C)=O)c(O)c1. The molecular weight excluding hydrogens is 208 g/mol. The highest BCUT2D eigenvalue weighted by molar-refractivity contribution is 5.96. The van der Waals surface area contributed by atoms with E-state index in [1.807, 2.05) is 6.92 Å². The van der Waals surface area contributed by atoms with Crippen molar-refractivity contribution in [3.05, 3.63) is 23.8 Å². The second kappa shape index (κ2) is 5.51. The molecule has 0 saturated carbocycles. The molecule has 0 aromatic heterocycles. The predicted octanol–water partition coefficient (Wildman–Crippen LogP) is 1.74. The molecule has 0 heterocycles. The van der Waals surface area contributed by atoms with E-state index in [9.17, 15) is 15.0 Å². The first-order valence-electron chi connectivity index (χ1n) is 5.19. The van der Waals surface area contributed by atoms with Gasteiger partial charge in [0.2, 0.25) is 0 Å². The molecule has 0 aliphatic carbocycles. The monoisotopic (exact) mass is 224 g/mol. The van der Waals surface area contributed by atoms with Crippen LogP contribution in [0.25, 0.3) is 0 Å². The maximum Gasteiger partial charge on any atom is 0.163 e. The summed E-state index contributed by atoms with van der Waals surface area (Å²) in [6.07, 6.45) is 0.0898. The molecule has 1 aromatic carbocycles. The van der Waals surface area contributed by atoms with Gasteiger partial charge in [-0.05, 0) is 25.5 Å². The van der Waals surface area contributed by atoms with Gasteiger partial charge in [-0.2, -0.15) is 0 Å². The first kappa shape index (κ1) is 12.5. The highest BCUT2D eigenvalue weighted by Gasteiger charge is 2.08. The summed E-state index contributed by atoms with van der Waals surface area (Å²) in [5.74, 6) is 0.142. The molecule has 2 N–H and O–H groups in total. The van der Waals surface area contributed by atoms with Crippen LogP contribution in [0.15, 0.2) is 18.2 Å². The number of carbonyl (C=O) groups is 1. The molecule has 4 heteroatoms. The van der Waals surface area contributed by atoms with E-state index in [1.54, 1.807) is 6.07 Å². The lowest BCUT2D eigenvalue weighted by molar-refractivity contribution is 0.101. The van der Waals surface area contributed by atoms with Crippen LogP contribution in [0.5, 0.6) is 11.5 Å². The fourth-order valence-electron chi connectivity index (χ4n) is 1.21. The summed E-state index contributed by atoms with van der Waals surface area (Å²) in [6.45, 7) is 3.41. The van der Waals surface area contributed by atoms with Gasteiger partial charge in [0.1, 0.15) is 18.1 Å². The number of benzene rings is 1. The molecule has 1 atom stereocenters. The number of ether oxygens (including phenoxy) is 1. The Morgan fingerprint density at radius 1 is 1.50 bits per heavy atom. The largest absolute Gasteiger partial charge is 0.507 e. The molecule has 4 nitrogen and oxygen atoms in total. The number of phenolic OH excluding ortho intramolecular Hbond substituents is 1. The number of carbonyl (C=O) groups excluding carboxylic acids is 1. The third-order valence-corrected chi connectivity index (χ3v) is 2.26. The van der Waals surface area contributed by atoms with E-state index in [0.717, 1.165) is 0 Å². The van der Waals surface area contributed by atoms with Crippen molar-refractivity contribution in [1.82, 2.24) is 0 Å². The molecule has 0 saturated heterocycles. The summed E-state index contributed by atoms with van der Waals surface area (Å²) >= 11 is 0. The smallest absolute Gasteiger partial charge is 0.163 e. The molecule has 0 amide bonds. The van der Waals surface area contributed by atoms with Crippen molar-refractivity contribution >= 4 is 5.78 Å². The Balaban J connectivity index is 2.70. The van der Waals surface area contributed by atoms with Gasteiger partial charge in [-0.3, -0.25) is 4.79 Å². The van der Waals surface area contributed by atoms with Gasteiger partial charge in [0.25, 0.3) is 0 Å². The summed E-state index contributed by atoms with van der Waals surface area (Å²) in [5, 5.41) is 18.8. The second-order valence-electron chi connectivity index (χ2n) is 3.61. The lowest BCUT2D eigenvalue weighted by Crippen LogP contribution is -2.15. The molecule has 0 aliphatic heterocycles. The van der Waals surface area contributed by atoms with E-state index in [4.69, 9.17) is 4.74 Å². The van der Waals surface area contributed by atoms with E-state index >= 15 is 0 Å². The molecule has 88 valence electrons. The Kier molecular flexibility index (Phi) is 4.31. The minimum Gasteiger partial charge on any atom is -0.507 e. The van der Waals surface area contributed by atoms with E-state index in [2.05, 4.69) is 0 Å². The second-order valence-corrected chi connectivity index (χ2v) is 3.61. The van der Waals surface area contributed by atoms with Crippen molar-refractivity contribution in [2.24, 2.45) is 0 Å². The van der Waals surface area contributed by atoms with Crippen molar-refractivity contribution in [2.75, 3.05) is 6.61 Å². The normalized spacial score (nSPS) is 12.2. The third-order valence-electron chi connectivity index (χ3n) is 2.26. The van der Waals surface area contributed by atoms with E-state index < -0.39 is 6.10 Å². The Morgan fingerprint density at radius 3 is 2.69 bits per heavy atom. The quantitative estimate of drug-likeness (QED) is 0.748. The standard InChI is InChI=1S/C12H16O4/c1-3-9(14)7-16-10-4-5-11(8(2)13)12(15)6-10/h4-6,9,14-15H,3,7H2,1-2H3/t9-/m1/s1. The van der Waals surface area contributed by atoms with Crippen LogP contribution in [0.4, 0.5) is 0 Å². The van der Waals surface area contributed by atoms with Crippen molar-refractivity contribution in [3.63, 3.8) is 0 Å². The van der Waals surface area contributed by atoms with Crippen LogP contribution in [0.3, 0.4) is 0 Å². The Hall–Kier alpha value is -1.55. The van der Waals surface area contributed by atoms with Gasteiger partial charge in [0.15, 0.2) is 5.78 Å². The number of aromatic hydroxyl groups is 1. The lowest BCUT2D eigenvalue weighted by Gasteiger charge is -2.11. The molecule has 0 aliphatic rings. The number of ketones is 1. The van der Waals surface area contributed by atoms with E-state index in [-0.39, 0.29) is 23.7 Å². The summed E-state index contributed by atoms with van der Waals surface area (Å²) in [5.41, 5.74) is 0.267. The van der Waals surface area contributed by atoms with Gasteiger partial charge >= 0.3 is 0 Å². The van der Waals surface area contributed by atoms with Crippen LogP contribution < -0.4 is 4.74 Å². The van der Waals surface area contributed by atoms with Crippen LogP contribution in [0.2, 0.25) is 0 Å². The summed E-state index contributed by atoms with van der Waals surface area (Å²) < 4.78 is 5.25. The average molecular weight is 224 g/mol. The zero-order chi connectivity index (χ0) is 12.1. The highest BCUT2D eigenvalue weighted by atomic mass is 16.5. The van der Waals surface area contributed by atoms with Crippen LogP contribution in [0, 0.1) is 0 Å². The number of rotatable bonds is 5. The van der Waals surface area contributed by atoms with Crippen molar-refractivity contribution in [2.45, 2.75) is 26.4 Å². The van der Waals surface area contributed by atoms with Crippen molar-refractivity contribution < 1.29 is 19.7 Å². The van der Waals surface area contributed by atoms with Crippen LogP contribution in [0.1, 0.15) is 30.6 Å². The maximum atomic E-state index is 11.0.